The summed E-state index contributed by atoms with van der Waals surface area (Å²) in [5.74, 6) is -1.70. The summed E-state index contributed by atoms with van der Waals surface area (Å²) >= 11 is 8.28. The first-order valence-corrected chi connectivity index (χ1v) is 14.3. The topological polar surface area (TPSA) is 147 Å². The maximum atomic E-state index is 13.7. The van der Waals surface area contributed by atoms with Crippen LogP contribution in [0.2, 0.25) is 0 Å². The number of nitrogen functional groups attached to an aromatic ring is 1. The molecule has 0 bridgehead atoms. The molecule has 3 heterocycles. The number of ether oxygens (including phenoxy) is 1. The molecule has 2 amide bonds. The molecular weight excluding hydrogens is 574 g/mol. The molecule has 0 spiro atoms. The highest BCUT2D eigenvalue weighted by Gasteiger charge is 2.54. The highest BCUT2D eigenvalue weighted by Crippen LogP contribution is 2.42. The average molecular weight is 596 g/mol. The third-order valence-corrected chi connectivity index (χ3v) is 8.35. The van der Waals surface area contributed by atoms with Crippen LogP contribution in [0, 0.1) is 0 Å². The number of benzene rings is 2. The summed E-state index contributed by atoms with van der Waals surface area (Å²) in [6.07, 6.45) is 0.821. The number of hydrogen-bond donors (Lipinski definition) is 3. The number of thiazole rings is 1. The highest BCUT2D eigenvalue weighted by molar-refractivity contribution is 8.00. The monoisotopic (exact) mass is 595 g/mol. The Hall–Kier alpha value is -4.13. The number of thioether (sulfide) groups is 1. The number of β-lactam (4-membered cyclic amide) rings is 1. The van der Waals surface area contributed by atoms with Gasteiger partial charge in [0.1, 0.15) is 22.8 Å². The molecule has 1 unspecified atom stereocenters. The molecule has 1 fully saturated rings. The van der Waals surface area contributed by atoms with E-state index in [0.29, 0.717) is 11.3 Å². The van der Waals surface area contributed by atoms with Crippen LogP contribution in [0.4, 0.5) is 5.13 Å². The van der Waals surface area contributed by atoms with Crippen molar-refractivity contribution in [2.75, 3.05) is 11.5 Å². The zero-order chi connectivity index (χ0) is 28.2. The molecule has 3 aromatic rings. The van der Waals surface area contributed by atoms with Gasteiger partial charge in [-0.1, -0.05) is 77.4 Å². The fourth-order valence-electron chi connectivity index (χ4n) is 4.40. The van der Waals surface area contributed by atoms with Crippen molar-refractivity contribution in [1.82, 2.24) is 15.2 Å². The Labute approximate surface area is 242 Å². The first-order valence-electron chi connectivity index (χ1n) is 11.9. The zero-order valence-corrected chi connectivity index (χ0v) is 23.0. The lowest BCUT2D eigenvalue weighted by molar-refractivity contribution is -0.154. The molecule has 0 saturated carbocycles. The second kappa shape index (κ2) is 11.9. The molecule has 1 saturated heterocycles. The van der Waals surface area contributed by atoms with Crippen molar-refractivity contribution in [1.29, 1.82) is 0 Å². The lowest BCUT2D eigenvalue weighted by atomic mass is 10.0. The number of halogens is 1. The molecule has 40 heavy (non-hydrogen) atoms. The maximum Gasteiger partial charge on any atom is 0.356 e. The van der Waals surface area contributed by atoms with Crippen LogP contribution in [0.5, 0.6) is 0 Å². The minimum Gasteiger partial charge on any atom is -0.448 e. The molecule has 10 nitrogen and oxygen atoms in total. The average Bonchev–Trinajstić information content (AvgIpc) is 3.41. The minimum atomic E-state index is -0.978. The summed E-state index contributed by atoms with van der Waals surface area (Å²) < 4.78 is 6.04. The van der Waals surface area contributed by atoms with Crippen molar-refractivity contribution in [2.24, 2.45) is 5.16 Å². The smallest absolute Gasteiger partial charge is 0.356 e. The maximum absolute atomic E-state index is 13.7. The van der Waals surface area contributed by atoms with Gasteiger partial charge in [-0.25, -0.2) is 9.78 Å². The number of allylic oxidation sites excluding steroid dienone is 1. The third-order valence-electron chi connectivity index (χ3n) is 6.25. The van der Waals surface area contributed by atoms with Gasteiger partial charge in [-0.15, -0.1) is 23.1 Å². The normalized spacial score (nSPS) is 19.0. The molecular formula is C27H22ClN5O5S2. The number of nitrogens with zero attached hydrogens (tertiary/aromatic N) is 3. The molecule has 0 radical (unpaired) electrons. The molecule has 2 aromatic carbocycles. The van der Waals surface area contributed by atoms with Crippen LogP contribution in [-0.2, 0) is 19.1 Å². The van der Waals surface area contributed by atoms with Crippen LogP contribution >= 0.6 is 34.7 Å². The number of nitrogens with one attached hydrogen (secondary N) is 1. The van der Waals surface area contributed by atoms with Crippen molar-refractivity contribution in [3.63, 3.8) is 0 Å². The van der Waals surface area contributed by atoms with Crippen LogP contribution in [0.25, 0.3) is 0 Å². The Kier molecular flexibility index (Phi) is 8.19. The van der Waals surface area contributed by atoms with Gasteiger partial charge >= 0.3 is 5.97 Å². The van der Waals surface area contributed by atoms with E-state index < -0.39 is 35.3 Å². The van der Waals surface area contributed by atoms with E-state index in [4.69, 9.17) is 22.1 Å². The van der Waals surface area contributed by atoms with E-state index in [1.807, 2.05) is 60.7 Å². The third kappa shape index (κ3) is 5.33. The summed E-state index contributed by atoms with van der Waals surface area (Å²) in [6.45, 7) is 0. The largest absolute Gasteiger partial charge is 0.448 e. The Morgan fingerprint density at radius 3 is 2.38 bits per heavy atom. The van der Waals surface area contributed by atoms with Gasteiger partial charge in [0.15, 0.2) is 16.9 Å². The van der Waals surface area contributed by atoms with Crippen molar-refractivity contribution in [3.05, 3.63) is 106 Å². The Bertz CT molecular complexity index is 1490. The van der Waals surface area contributed by atoms with Crippen LogP contribution < -0.4 is 11.1 Å². The Morgan fingerprint density at radius 2 is 1.82 bits per heavy atom. The Morgan fingerprint density at radius 1 is 1.18 bits per heavy atom. The van der Waals surface area contributed by atoms with Gasteiger partial charge in [0.2, 0.25) is 0 Å². The zero-order valence-electron chi connectivity index (χ0n) is 20.6. The number of esters is 1. The van der Waals surface area contributed by atoms with Crippen LogP contribution in [-0.4, -0.2) is 55.8 Å². The molecule has 2 aliphatic heterocycles. The van der Waals surface area contributed by atoms with E-state index >= 15 is 0 Å². The number of carbonyl (C=O) groups is 3. The summed E-state index contributed by atoms with van der Waals surface area (Å²) in [5, 5.41) is 16.1. The van der Waals surface area contributed by atoms with Crippen LogP contribution in [0.3, 0.4) is 0 Å². The van der Waals surface area contributed by atoms with Gasteiger partial charge in [-0.2, -0.15) is 0 Å². The lowest BCUT2D eigenvalue weighted by Gasteiger charge is -2.49. The predicted octanol–water partition coefficient (Wildman–Crippen LogP) is 3.64. The molecule has 204 valence electrons. The van der Waals surface area contributed by atoms with Crippen molar-refractivity contribution >= 4 is 63.3 Å². The van der Waals surface area contributed by atoms with E-state index in [1.54, 1.807) is 6.08 Å². The van der Waals surface area contributed by atoms with E-state index in [-0.39, 0.29) is 22.2 Å². The number of oxime groups is 1. The van der Waals surface area contributed by atoms with E-state index in [0.717, 1.165) is 22.5 Å². The van der Waals surface area contributed by atoms with Crippen molar-refractivity contribution in [2.45, 2.75) is 17.5 Å². The molecule has 13 heteroatoms. The number of carbonyl (C=O) groups excluding carboxylic acids is 3. The number of fused-ring (bicyclic) bond motifs is 1. The number of rotatable bonds is 8. The van der Waals surface area contributed by atoms with Crippen molar-refractivity contribution in [3.8, 4) is 0 Å². The molecule has 4 N–H and O–H groups in total. The summed E-state index contributed by atoms with van der Waals surface area (Å²) in [6, 6.07) is 17.6. The van der Waals surface area contributed by atoms with Gasteiger partial charge in [-0.3, -0.25) is 14.5 Å². The van der Waals surface area contributed by atoms with E-state index in [9.17, 15) is 19.6 Å². The van der Waals surface area contributed by atoms with Crippen LogP contribution in [0.1, 0.15) is 22.9 Å². The fourth-order valence-corrected chi connectivity index (χ4v) is 6.42. The van der Waals surface area contributed by atoms with Gasteiger partial charge in [-0.05, 0) is 22.8 Å². The van der Waals surface area contributed by atoms with Gasteiger partial charge < -0.3 is 21.0 Å². The van der Waals surface area contributed by atoms with Gasteiger partial charge in [0, 0.05) is 16.7 Å². The predicted molar refractivity (Wildman–Crippen MR) is 153 cm³/mol. The first-order chi connectivity index (χ1) is 19.4. The summed E-state index contributed by atoms with van der Waals surface area (Å²) in [7, 11) is 0. The highest BCUT2D eigenvalue weighted by atomic mass is 35.5. The van der Waals surface area contributed by atoms with Crippen LogP contribution in [0.15, 0.2) is 94.1 Å². The van der Waals surface area contributed by atoms with E-state index in [1.165, 1.54) is 27.6 Å². The number of anilines is 1. The number of aromatic nitrogens is 1. The second-order valence-corrected chi connectivity index (χ2v) is 10.9. The van der Waals surface area contributed by atoms with E-state index in [2.05, 4.69) is 15.5 Å². The number of nitrogens with two attached hydrogens (primary N) is 1. The lowest BCUT2D eigenvalue weighted by Crippen LogP contribution is -2.71. The quantitative estimate of drug-likeness (QED) is 0.118. The summed E-state index contributed by atoms with van der Waals surface area (Å²) in [4.78, 5) is 45.2. The SMILES string of the molecule is Nc1nc(C(=NO)C(=O)NC2C(=O)N3C(C(=O)OC(c4ccccc4)c4ccccc4)=C(/C=C/Cl)CS[C@@H]23)cs1. The van der Waals surface area contributed by atoms with Crippen molar-refractivity contribution < 1.29 is 24.3 Å². The Balaban J connectivity index is 1.40. The molecule has 5 rings (SSSR count). The number of hydrogen-bond acceptors (Lipinski definition) is 10. The minimum absolute atomic E-state index is 0.0522. The molecule has 0 aliphatic carbocycles. The second-order valence-electron chi connectivity index (χ2n) is 8.65. The number of amides is 2. The molecule has 2 aliphatic rings. The summed E-state index contributed by atoms with van der Waals surface area (Å²) in [5.41, 5.74) is 8.67. The standard InChI is InChI=1S/C27H22ClN5O5S2/c28-12-11-17-13-39-25-20(31-23(34)19(32-37)18-14-40-27(29)30-18)24(35)33(25)21(17)26(36)38-22(15-7-3-1-4-8-15)16-9-5-2-6-10-16/h1-12,14,20,22,25,37H,13H2,(H2,29,30)(H,31,34)/b12-11+,32-19?/t20?,25-/m0/s1. The fraction of sp³-hybridized carbons (Fsp3) is 0.148. The van der Waals surface area contributed by atoms with Gasteiger partial charge in [0.25, 0.3) is 11.8 Å². The molecule has 1 aromatic heterocycles. The first kappa shape index (κ1) is 27.4. The molecule has 2 atom stereocenters. The van der Waals surface area contributed by atoms with Gasteiger partial charge in [0.05, 0.1) is 0 Å².